The van der Waals surface area contributed by atoms with E-state index in [2.05, 4.69) is 14.6 Å². The van der Waals surface area contributed by atoms with Crippen LogP contribution in [0.1, 0.15) is 11.9 Å². The van der Waals surface area contributed by atoms with Crippen molar-refractivity contribution in [3.8, 4) is 0 Å². The van der Waals surface area contributed by atoms with E-state index in [1.165, 1.54) is 6.39 Å². The highest BCUT2D eigenvalue weighted by atomic mass is 16.4. The fourth-order valence-electron chi connectivity index (χ4n) is 0.421. The van der Waals surface area contributed by atoms with E-state index >= 15 is 0 Å². The molecule has 0 fully saturated rings. The average Bonchev–Trinajstić information content (AvgIpc) is 2.37. The normalized spacial score (nSPS) is 13.6. The van der Waals surface area contributed by atoms with Gasteiger partial charge < -0.3 is 15.3 Å². The fraction of sp³-hybridized carbons (Fsp3) is 0.500. The van der Waals surface area contributed by atoms with Gasteiger partial charge in [0.25, 0.3) is 0 Å². The minimum atomic E-state index is -0.549. The molecule has 1 aromatic heterocycles. The van der Waals surface area contributed by atoms with Crippen molar-refractivity contribution >= 4 is 0 Å². The molecule has 5 heteroatoms. The quantitative estimate of drug-likeness (QED) is 0.538. The number of hydrogen-bond donors (Lipinski definition) is 2. The Morgan fingerprint density at radius 1 is 1.89 bits per heavy atom. The molecular weight excluding hydrogens is 122 g/mol. The molecule has 1 rings (SSSR count). The molecule has 9 heavy (non-hydrogen) atoms. The van der Waals surface area contributed by atoms with Gasteiger partial charge in [-0.15, -0.1) is 10.2 Å². The molecule has 0 radical (unpaired) electrons. The van der Waals surface area contributed by atoms with Crippen molar-refractivity contribution in [2.75, 3.05) is 6.61 Å². The lowest BCUT2D eigenvalue weighted by molar-refractivity contribution is 0.248. The molecular formula is C4H7N3O2. The van der Waals surface area contributed by atoms with Crippen molar-refractivity contribution in [2.45, 2.75) is 6.04 Å². The Bertz CT molecular complexity index is 162. The van der Waals surface area contributed by atoms with E-state index in [0.29, 0.717) is 0 Å². The summed E-state index contributed by atoms with van der Waals surface area (Å²) >= 11 is 0. The molecule has 0 bridgehead atoms. The first-order valence-electron chi connectivity index (χ1n) is 2.47. The second kappa shape index (κ2) is 2.56. The van der Waals surface area contributed by atoms with Gasteiger partial charge in [-0.25, -0.2) is 0 Å². The number of aromatic nitrogens is 2. The van der Waals surface area contributed by atoms with Crippen molar-refractivity contribution in [2.24, 2.45) is 5.73 Å². The van der Waals surface area contributed by atoms with E-state index in [4.69, 9.17) is 10.8 Å². The molecule has 0 saturated carbocycles. The molecule has 1 atom stereocenters. The van der Waals surface area contributed by atoms with Crippen LogP contribution in [0.2, 0.25) is 0 Å². The Morgan fingerprint density at radius 3 is 3.11 bits per heavy atom. The second-order valence-corrected chi connectivity index (χ2v) is 1.57. The summed E-state index contributed by atoms with van der Waals surface area (Å²) in [7, 11) is 0. The molecule has 0 aliphatic rings. The third-order valence-electron chi connectivity index (χ3n) is 0.891. The first-order chi connectivity index (χ1) is 4.34. The van der Waals surface area contributed by atoms with Gasteiger partial charge in [0.1, 0.15) is 6.04 Å². The van der Waals surface area contributed by atoms with Crippen LogP contribution in [-0.2, 0) is 0 Å². The summed E-state index contributed by atoms with van der Waals surface area (Å²) in [5, 5.41) is 15.3. The van der Waals surface area contributed by atoms with Gasteiger partial charge in [0.2, 0.25) is 12.3 Å². The zero-order valence-corrected chi connectivity index (χ0v) is 4.69. The molecule has 0 amide bonds. The van der Waals surface area contributed by atoms with Gasteiger partial charge in [0.05, 0.1) is 6.61 Å². The minimum absolute atomic E-state index is 0.178. The van der Waals surface area contributed by atoms with E-state index in [0.717, 1.165) is 0 Å². The van der Waals surface area contributed by atoms with Crippen LogP contribution < -0.4 is 5.73 Å². The maximum Gasteiger partial charge on any atom is 0.235 e. The van der Waals surface area contributed by atoms with Crippen LogP contribution in [0.15, 0.2) is 10.8 Å². The largest absolute Gasteiger partial charge is 0.426 e. The zero-order chi connectivity index (χ0) is 6.69. The van der Waals surface area contributed by atoms with Crippen molar-refractivity contribution in [3.05, 3.63) is 12.3 Å². The zero-order valence-electron chi connectivity index (χ0n) is 4.69. The Hall–Kier alpha value is -0.940. The molecule has 0 saturated heterocycles. The number of rotatable bonds is 2. The van der Waals surface area contributed by atoms with Crippen LogP contribution in [0.4, 0.5) is 0 Å². The van der Waals surface area contributed by atoms with Gasteiger partial charge in [0, 0.05) is 0 Å². The summed E-state index contributed by atoms with van der Waals surface area (Å²) in [5.41, 5.74) is 5.29. The van der Waals surface area contributed by atoms with Crippen molar-refractivity contribution < 1.29 is 9.52 Å². The number of nitrogens with zero attached hydrogens (tertiary/aromatic N) is 2. The van der Waals surface area contributed by atoms with Crippen molar-refractivity contribution in [1.82, 2.24) is 10.2 Å². The van der Waals surface area contributed by atoms with E-state index in [1.54, 1.807) is 0 Å². The lowest BCUT2D eigenvalue weighted by Gasteiger charge is -1.98. The van der Waals surface area contributed by atoms with Crippen LogP contribution in [0.5, 0.6) is 0 Å². The molecule has 0 aromatic carbocycles. The third-order valence-corrected chi connectivity index (χ3v) is 0.891. The van der Waals surface area contributed by atoms with Crippen molar-refractivity contribution in [1.29, 1.82) is 0 Å². The second-order valence-electron chi connectivity index (χ2n) is 1.57. The summed E-state index contributed by atoms with van der Waals surface area (Å²) in [6.45, 7) is -0.178. The minimum Gasteiger partial charge on any atom is -0.426 e. The topological polar surface area (TPSA) is 85.2 Å². The Morgan fingerprint density at radius 2 is 2.67 bits per heavy atom. The van der Waals surface area contributed by atoms with Gasteiger partial charge in [-0.05, 0) is 0 Å². The molecule has 3 N–H and O–H groups in total. The lowest BCUT2D eigenvalue weighted by atomic mass is 10.3. The van der Waals surface area contributed by atoms with E-state index in [1.807, 2.05) is 0 Å². The monoisotopic (exact) mass is 129 g/mol. The summed E-state index contributed by atoms with van der Waals surface area (Å²) in [6.07, 6.45) is 1.17. The van der Waals surface area contributed by atoms with Crippen LogP contribution >= 0.6 is 0 Å². The molecule has 0 unspecified atom stereocenters. The molecule has 1 heterocycles. The summed E-state index contributed by atoms with van der Waals surface area (Å²) < 4.78 is 4.68. The highest BCUT2D eigenvalue weighted by Gasteiger charge is 2.08. The highest BCUT2D eigenvalue weighted by Crippen LogP contribution is 2.02. The Balaban J connectivity index is 2.65. The maximum absolute atomic E-state index is 8.45. The molecule has 0 aliphatic carbocycles. The summed E-state index contributed by atoms with van der Waals surface area (Å²) in [6, 6.07) is -0.549. The maximum atomic E-state index is 8.45. The summed E-state index contributed by atoms with van der Waals surface area (Å²) in [4.78, 5) is 0. The standard InChI is InChI=1S/C4H7N3O2/c5-3(1-8)4-7-6-2-9-4/h2-3,8H,1,5H2/t3-/m0/s1. The van der Waals surface area contributed by atoms with Crippen LogP contribution in [0.25, 0.3) is 0 Å². The number of aliphatic hydroxyl groups excluding tert-OH is 1. The predicted octanol–water partition coefficient (Wildman–Crippen LogP) is -0.938. The van der Waals surface area contributed by atoms with Crippen LogP contribution in [-0.4, -0.2) is 21.9 Å². The van der Waals surface area contributed by atoms with Gasteiger partial charge in [-0.3, -0.25) is 0 Å². The van der Waals surface area contributed by atoms with Crippen molar-refractivity contribution in [3.63, 3.8) is 0 Å². The third kappa shape index (κ3) is 1.24. The molecule has 5 nitrogen and oxygen atoms in total. The van der Waals surface area contributed by atoms with Crippen LogP contribution in [0, 0.1) is 0 Å². The molecule has 1 aromatic rings. The number of aliphatic hydroxyl groups is 1. The Kier molecular flexibility index (Phi) is 1.76. The molecule has 50 valence electrons. The number of nitrogens with two attached hydrogens (primary N) is 1. The van der Waals surface area contributed by atoms with Gasteiger partial charge >= 0.3 is 0 Å². The predicted molar refractivity (Wildman–Crippen MR) is 28.3 cm³/mol. The fourth-order valence-corrected chi connectivity index (χ4v) is 0.421. The highest BCUT2D eigenvalue weighted by molar-refractivity contribution is 4.82. The van der Waals surface area contributed by atoms with E-state index in [9.17, 15) is 0 Å². The molecule has 0 spiro atoms. The van der Waals surface area contributed by atoms with E-state index < -0.39 is 6.04 Å². The lowest BCUT2D eigenvalue weighted by Crippen LogP contribution is -2.14. The SMILES string of the molecule is N[C@@H](CO)c1nnco1. The number of hydrogen-bond acceptors (Lipinski definition) is 5. The summed E-state index contributed by atoms with van der Waals surface area (Å²) in [5.74, 6) is 0.262. The first kappa shape index (κ1) is 6.18. The van der Waals surface area contributed by atoms with Gasteiger partial charge in [-0.2, -0.15) is 0 Å². The molecule has 0 aliphatic heterocycles. The average molecular weight is 129 g/mol. The smallest absolute Gasteiger partial charge is 0.235 e. The van der Waals surface area contributed by atoms with Gasteiger partial charge in [0.15, 0.2) is 0 Å². The van der Waals surface area contributed by atoms with Gasteiger partial charge in [-0.1, -0.05) is 0 Å². The van der Waals surface area contributed by atoms with E-state index in [-0.39, 0.29) is 12.5 Å². The first-order valence-corrected chi connectivity index (χ1v) is 2.47. The van der Waals surface area contributed by atoms with Crippen LogP contribution in [0.3, 0.4) is 0 Å². The Labute approximate surface area is 51.5 Å².